The Balaban J connectivity index is 3.89. The molecule has 0 aromatic carbocycles. The number of methoxy groups -OCH3 is 2. The second-order valence-electron chi connectivity index (χ2n) is 6.36. The first-order valence-electron chi connectivity index (χ1n) is 8.84. The fraction of sp³-hybridized carbons (Fsp3) is 0.700. The van der Waals surface area contributed by atoms with Gasteiger partial charge in [0, 0.05) is 27.1 Å². The van der Waals surface area contributed by atoms with Crippen LogP contribution in [0.1, 0.15) is 40.5 Å². The second kappa shape index (κ2) is 9.67. The first kappa shape index (κ1) is 25.0. The molecule has 1 saturated heterocycles. The maximum absolute atomic E-state index is 13.3. The maximum atomic E-state index is 13.3. The molecule has 1 fully saturated rings. The van der Waals surface area contributed by atoms with Gasteiger partial charge >= 0.3 is 0 Å². The van der Waals surface area contributed by atoms with E-state index in [4.69, 9.17) is 31.8 Å². The van der Waals surface area contributed by atoms with Crippen molar-refractivity contribution in [1.29, 1.82) is 0 Å². The van der Waals surface area contributed by atoms with Crippen LogP contribution < -0.4 is 0 Å². The smallest absolute Gasteiger partial charge is 0.225 e. The van der Waals surface area contributed by atoms with Gasteiger partial charge in [0.05, 0.1) is 0 Å². The third kappa shape index (κ3) is 3.87. The minimum Gasteiger partial charge on any atom is -0.349 e. The molecule has 0 aliphatic carbocycles. The SMILES string of the molecule is C#CC[C@@]1(C(=O)SCC)O[C@@](C)(OC)[C@](C)(OC)O[C@]1(CC#C)C(=O)SCC. The number of hydrogen-bond acceptors (Lipinski definition) is 8. The lowest BCUT2D eigenvalue weighted by molar-refractivity contribution is -0.472. The fourth-order valence-electron chi connectivity index (χ4n) is 3.17. The van der Waals surface area contributed by atoms with E-state index in [1.165, 1.54) is 14.2 Å². The van der Waals surface area contributed by atoms with E-state index in [9.17, 15) is 9.59 Å². The summed E-state index contributed by atoms with van der Waals surface area (Å²) in [5.74, 6) is 2.80. The molecule has 4 atom stereocenters. The highest BCUT2D eigenvalue weighted by Gasteiger charge is 2.73. The van der Waals surface area contributed by atoms with Crippen LogP contribution in [0.15, 0.2) is 0 Å². The fourth-order valence-corrected chi connectivity index (χ4v) is 4.72. The Bertz CT molecular complexity index is 625. The van der Waals surface area contributed by atoms with E-state index in [1.807, 2.05) is 13.8 Å². The van der Waals surface area contributed by atoms with Crippen molar-refractivity contribution >= 4 is 33.8 Å². The van der Waals surface area contributed by atoms with Crippen molar-refractivity contribution in [2.24, 2.45) is 0 Å². The van der Waals surface area contributed by atoms with Gasteiger partial charge in [0.2, 0.25) is 21.8 Å². The number of rotatable bonds is 8. The van der Waals surface area contributed by atoms with Crippen molar-refractivity contribution in [2.45, 2.75) is 63.3 Å². The lowest BCUT2D eigenvalue weighted by atomic mass is 9.76. The van der Waals surface area contributed by atoms with E-state index in [0.717, 1.165) is 23.5 Å². The Kier molecular flexibility index (Phi) is 8.64. The Hall–Kier alpha value is -1.000. The van der Waals surface area contributed by atoms with E-state index >= 15 is 0 Å². The molecule has 0 amide bonds. The van der Waals surface area contributed by atoms with Gasteiger partial charge in [-0.25, -0.2) is 0 Å². The van der Waals surface area contributed by atoms with Crippen molar-refractivity contribution in [3.63, 3.8) is 0 Å². The molecule has 0 saturated carbocycles. The van der Waals surface area contributed by atoms with Crippen LogP contribution >= 0.6 is 23.5 Å². The summed E-state index contributed by atoms with van der Waals surface area (Å²) >= 11 is 1.99. The second-order valence-corrected chi connectivity index (χ2v) is 8.83. The average molecular weight is 429 g/mol. The molecule has 1 rings (SSSR count). The molecule has 0 unspecified atom stereocenters. The van der Waals surface area contributed by atoms with Gasteiger partial charge in [0.1, 0.15) is 0 Å². The molecule has 28 heavy (non-hydrogen) atoms. The highest BCUT2D eigenvalue weighted by Crippen LogP contribution is 2.54. The number of carbonyl (C=O) groups is 2. The molecule has 1 heterocycles. The molecule has 1 aliphatic rings. The van der Waals surface area contributed by atoms with Crippen molar-refractivity contribution in [3.8, 4) is 24.7 Å². The van der Waals surface area contributed by atoms with Crippen LogP contribution in [0.3, 0.4) is 0 Å². The third-order valence-corrected chi connectivity index (χ3v) is 6.67. The standard InChI is InChI=1S/C20H28O6S2/c1-9-13-19(15(21)27-11-3)20(14-10-2,16(22)28-12-4)26-18(6,24-8)17(5,23-7)25-19/h1-2H,11-14H2,3-8H3/t17-,18-,19-,20+/m1/s1. The van der Waals surface area contributed by atoms with Gasteiger partial charge in [-0.05, 0) is 25.4 Å². The Labute approximate surface area is 176 Å². The van der Waals surface area contributed by atoms with Gasteiger partial charge in [-0.15, -0.1) is 24.7 Å². The van der Waals surface area contributed by atoms with Gasteiger partial charge in [-0.2, -0.15) is 0 Å². The van der Waals surface area contributed by atoms with Crippen LogP contribution in [0.25, 0.3) is 0 Å². The van der Waals surface area contributed by atoms with Crippen LogP contribution in [0.2, 0.25) is 0 Å². The highest BCUT2D eigenvalue weighted by atomic mass is 32.2. The van der Waals surface area contributed by atoms with E-state index in [0.29, 0.717) is 11.5 Å². The predicted octanol–water partition coefficient (Wildman–Crippen LogP) is 2.84. The monoisotopic (exact) mass is 428 g/mol. The van der Waals surface area contributed by atoms with Crippen LogP contribution in [-0.4, -0.2) is 58.7 Å². The molecule has 6 nitrogen and oxygen atoms in total. The van der Waals surface area contributed by atoms with Crippen molar-refractivity contribution in [3.05, 3.63) is 0 Å². The Morgan fingerprint density at radius 3 is 1.39 bits per heavy atom. The average Bonchev–Trinajstić information content (AvgIpc) is 2.66. The summed E-state index contributed by atoms with van der Waals surface area (Å²) in [6.07, 6.45) is 10.8. The highest BCUT2D eigenvalue weighted by molar-refractivity contribution is 8.14. The zero-order valence-corrected chi connectivity index (χ0v) is 18.9. The van der Waals surface area contributed by atoms with Crippen molar-refractivity contribution < 1.29 is 28.5 Å². The molecule has 0 aromatic rings. The van der Waals surface area contributed by atoms with Crippen LogP contribution in [0.4, 0.5) is 0 Å². The van der Waals surface area contributed by atoms with E-state index in [1.54, 1.807) is 13.8 Å². The Morgan fingerprint density at radius 1 is 0.857 bits per heavy atom. The maximum Gasteiger partial charge on any atom is 0.225 e. The molecule has 0 aromatic heterocycles. The van der Waals surface area contributed by atoms with Gasteiger partial charge in [-0.1, -0.05) is 37.4 Å². The van der Waals surface area contributed by atoms with Gasteiger partial charge in [0.15, 0.2) is 11.2 Å². The Morgan fingerprint density at radius 2 is 1.18 bits per heavy atom. The summed E-state index contributed by atoms with van der Waals surface area (Å²) in [4.78, 5) is 26.7. The lowest BCUT2D eigenvalue weighted by Gasteiger charge is -2.60. The molecule has 0 N–H and O–H groups in total. The predicted molar refractivity (Wildman–Crippen MR) is 112 cm³/mol. The van der Waals surface area contributed by atoms with Crippen molar-refractivity contribution in [2.75, 3.05) is 25.7 Å². The van der Waals surface area contributed by atoms with Gasteiger partial charge in [0.25, 0.3) is 0 Å². The van der Waals surface area contributed by atoms with Crippen molar-refractivity contribution in [1.82, 2.24) is 0 Å². The molecule has 0 spiro atoms. The quantitative estimate of drug-likeness (QED) is 0.547. The first-order valence-corrected chi connectivity index (χ1v) is 10.8. The summed E-state index contributed by atoms with van der Waals surface area (Å²) in [5.41, 5.74) is -3.67. The normalized spacial score (nSPS) is 35.0. The zero-order chi connectivity index (χ0) is 21.6. The number of carbonyl (C=O) groups excluding carboxylic acids is 2. The number of thioether (sulfide) groups is 2. The van der Waals surface area contributed by atoms with E-state index in [2.05, 4.69) is 11.8 Å². The minimum atomic E-state index is -1.84. The molecule has 8 heteroatoms. The van der Waals surface area contributed by atoms with E-state index in [-0.39, 0.29) is 12.8 Å². The van der Waals surface area contributed by atoms with Gasteiger partial charge < -0.3 is 18.9 Å². The summed E-state index contributed by atoms with van der Waals surface area (Å²) in [7, 11) is 2.80. The third-order valence-electron chi connectivity index (χ3n) is 4.91. The number of terminal acetylenes is 2. The zero-order valence-electron chi connectivity index (χ0n) is 17.2. The first-order chi connectivity index (χ1) is 13.1. The number of ether oxygens (including phenoxy) is 4. The molecular formula is C20H28O6S2. The topological polar surface area (TPSA) is 71.1 Å². The molecule has 1 aliphatic heterocycles. The number of hydrogen-bond donors (Lipinski definition) is 0. The molecule has 0 bridgehead atoms. The van der Waals surface area contributed by atoms with Crippen LogP contribution in [0.5, 0.6) is 0 Å². The lowest BCUT2D eigenvalue weighted by Crippen LogP contribution is -2.78. The molecular weight excluding hydrogens is 400 g/mol. The van der Waals surface area contributed by atoms with Crippen LogP contribution in [0, 0.1) is 24.7 Å². The van der Waals surface area contributed by atoms with Crippen LogP contribution in [-0.2, 0) is 28.5 Å². The summed E-state index contributed by atoms with van der Waals surface area (Å²) in [5, 5.41) is -0.871. The van der Waals surface area contributed by atoms with E-state index < -0.39 is 33.0 Å². The van der Waals surface area contributed by atoms with Gasteiger partial charge in [-0.3, -0.25) is 9.59 Å². The summed E-state index contributed by atoms with van der Waals surface area (Å²) < 4.78 is 23.7. The summed E-state index contributed by atoms with van der Waals surface area (Å²) in [6, 6.07) is 0. The molecule has 0 radical (unpaired) electrons. The minimum absolute atomic E-state index is 0.213. The largest absolute Gasteiger partial charge is 0.349 e. The summed E-state index contributed by atoms with van der Waals surface area (Å²) in [6.45, 7) is 6.78. The molecule has 156 valence electrons.